The highest BCUT2D eigenvalue weighted by Gasteiger charge is 2.35. The second-order valence-electron chi connectivity index (χ2n) is 6.69. The van der Waals surface area contributed by atoms with Crippen LogP contribution in [0, 0.1) is 0 Å². The Morgan fingerprint density at radius 3 is 2.72 bits per heavy atom. The molecule has 0 atom stereocenters. The van der Waals surface area contributed by atoms with Crippen LogP contribution in [-0.2, 0) is 17.9 Å². The van der Waals surface area contributed by atoms with E-state index in [9.17, 15) is 9.90 Å². The highest BCUT2D eigenvalue weighted by Crippen LogP contribution is 2.31. The summed E-state index contributed by atoms with van der Waals surface area (Å²) < 4.78 is 10.1. The highest BCUT2D eigenvalue weighted by molar-refractivity contribution is 5.92. The lowest BCUT2D eigenvalue weighted by Gasteiger charge is -2.31. The van der Waals surface area contributed by atoms with Crippen LogP contribution in [-0.4, -0.2) is 40.3 Å². The number of carbonyl (C=O) groups excluding carboxylic acids is 1. The van der Waals surface area contributed by atoms with Crippen molar-refractivity contribution in [1.82, 2.24) is 10.1 Å². The van der Waals surface area contributed by atoms with E-state index >= 15 is 0 Å². The first kappa shape index (κ1) is 17.6. The Morgan fingerprint density at radius 2 is 2.04 bits per heavy atom. The summed E-state index contributed by atoms with van der Waals surface area (Å²) >= 11 is 0. The van der Waals surface area contributed by atoms with Gasteiger partial charge in [-0.1, -0.05) is 48.3 Å². The third kappa shape index (κ3) is 4.46. The van der Waals surface area contributed by atoms with E-state index in [0.29, 0.717) is 18.8 Å². The van der Waals surface area contributed by atoms with Crippen LogP contribution in [0.5, 0.6) is 0 Å². The minimum atomic E-state index is -0.816. The van der Waals surface area contributed by atoms with Crippen LogP contribution in [0.15, 0.2) is 40.9 Å². The molecule has 134 valence electrons. The zero-order chi connectivity index (χ0) is 17.7. The second kappa shape index (κ2) is 7.80. The quantitative estimate of drug-likeness (QED) is 0.836. The number of nitrogens with zero attached hydrogens (tertiary/aromatic N) is 2. The van der Waals surface area contributed by atoms with Gasteiger partial charge in [0.25, 0.3) is 5.91 Å². The van der Waals surface area contributed by atoms with E-state index < -0.39 is 5.60 Å². The number of methoxy groups -OCH3 is 1. The fourth-order valence-electron chi connectivity index (χ4n) is 3.34. The molecule has 0 spiro atoms. The third-order valence-electron chi connectivity index (χ3n) is 4.59. The molecule has 0 radical (unpaired) electrons. The average Bonchev–Trinajstić information content (AvgIpc) is 3.24. The Bertz CT molecular complexity index is 692. The van der Waals surface area contributed by atoms with E-state index in [1.807, 2.05) is 30.3 Å². The number of amides is 1. The van der Waals surface area contributed by atoms with Gasteiger partial charge >= 0.3 is 0 Å². The summed E-state index contributed by atoms with van der Waals surface area (Å²) in [6.45, 7) is 0.991. The Hall–Kier alpha value is -2.18. The molecular weight excluding hydrogens is 320 g/mol. The topological polar surface area (TPSA) is 75.8 Å². The number of aromatic nitrogens is 1. The molecule has 1 amide bonds. The molecule has 0 aliphatic heterocycles. The largest absolute Gasteiger partial charge is 0.388 e. The van der Waals surface area contributed by atoms with Crippen molar-refractivity contribution in [3.8, 4) is 0 Å². The summed E-state index contributed by atoms with van der Waals surface area (Å²) in [7, 11) is 1.56. The van der Waals surface area contributed by atoms with E-state index in [2.05, 4.69) is 5.16 Å². The molecule has 25 heavy (non-hydrogen) atoms. The number of rotatable bonds is 7. The number of ether oxygens (including phenoxy) is 1. The normalized spacial score (nSPS) is 16.1. The van der Waals surface area contributed by atoms with Crippen molar-refractivity contribution in [2.24, 2.45) is 0 Å². The van der Waals surface area contributed by atoms with Crippen LogP contribution < -0.4 is 0 Å². The molecule has 1 fully saturated rings. The minimum absolute atomic E-state index is 0.240. The van der Waals surface area contributed by atoms with Gasteiger partial charge in [0.2, 0.25) is 0 Å². The SMILES string of the molecule is COCc1cc(C(=O)N(Cc2ccccc2)CC2(O)CCCC2)no1. The van der Waals surface area contributed by atoms with Crippen LogP contribution >= 0.6 is 0 Å². The van der Waals surface area contributed by atoms with Gasteiger partial charge in [0.1, 0.15) is 6.61 Å². The van der Waals surface area contributed by atoms with Crippen molar-refractivity contribution in [3.63, 3.8) is 0 Å². The molecule has 0 unspecified atom stereocenters. The number of aliphatic hydroxyl groups is 1. The standard InChI is InChI=1S/C19H24N2O4/c1-24-13-16-11-17(20-25-16)18(22)21(12-15-7-3-2-4-8-15)14-19(23)9-5-6-10-19/h2-4,7-8,11,23H,5-6,9-10,12-14H2,1H3. The van der Waals surface area contributed by atoms with Crippen molar-refractivity contribution < 1.29 is 19.2 Å². The molecule has 1 aromatic carbocycles. The smallest absolute Gasteiger partial charge is 0.276 e. The molecule has 0 saturated heterocycles. The van der Waals surface area contributed by atoms with E-state index in [-0.39, 0.29) is 18.2 Å². The Morgan fingerprint density at radius 1 is 1.32 bits per heavy atom. The number of hydrogen-bond donors (Lipinski definition) is 1. The van der Waals surface area contributed by atoms with Gasteiger partial charge in [0.05, 0.1) is 12.1 Å². The Labute approximate surface area is 147 Å². The van der Waals surface area contributed by atoms with Gasteiger partial charge < -0.3 is 19.3 Å². The summed E-state index contributed by atoms with van der Waals surface area (Å²) in [6.07, 6.45) is 3.43. The maximum Gasteiger partial charge on any atom is 0.276 e. The molecule has 1 heterocycles. The van der Waals surface area contributed by atoms with Crippen molar-refractivity contribution in [2.75, 3.05) is 13.7 Å². The molecule has 6 heteroatoms. The van der Waals surface area contributed by atoms with E-state index in [4.69, 9.17) is 9.26 Å². The molecule has 6 nitrogen and oxygen atoms in total. The zero-order valence-electron chi connectivity index (χ0n) is 14.5. The molecule has 1 saturated carbocycles. The fourth-order valence-corrected chi connectivity index (χ4v) is 3.34. The number of hydrogen-bond acceptors (Lipinski definition) is 5. The van der Waals surface area contributed by atoms with Crippen LogP contribution in [0.3, 0.4) is 0 Å². The van der Waals surface area contributed by atoms with Gasteiger partial charge in [-0.05, 0) is 18.4 Å². The lowest BCUT2D eigenvalue weighted by molar-refractivity contribution is 0.00749. The van der Waals surface area contributed by atoms with E-state index in [1.165, 1.54) is 0 Å². The average molecular weight is 344 g/mol. The van der Waals surface area contributed by atoms with Gasteiger partial charge in [-0.15, -0.1) is 0 Å². The van der Waals surface area contributed by atoms with Crippen molar-refractivity contribution >= 4 is 5.91 Å². The second-order valence-corrected chi connectivity index (χ2v) is 6.69. The van der Waals surface area contributed by atoms with Gasteiger partial charge in [-0.2, -0.15) is 0 Å². The molecule has 1 aliphatic rings. The predicted molar refractivity (Wildman–Crippen MR) is 91.8 cm³/mol. The summed E-state index contributed by atoms with van der Waals surface area (Å²) in [5, 5.41) is 14.6. The van der Waals surface area contributed by atoms with Crippen molar-refractivity contribution in [2.45, 2.75) is 44.4 Å². The lowest BCUT2D eigenvalue weighted by atomic mass is 10.0. The fraction of sp³-hybridized carbons (Fsp3) is 0.474. The first-order valence-electron chi connectivity index (χ1n) is 8.60. The van der Waals surface area contributed by atoms with E-state index in [1.54, 1.807) is 18.1 Å². The van der Waals surface area contributed by atoms with Crippen molar-refractivity contribution in [1.29, 1.82) is 0 Å². The van der Waals surface area contributed by atoms with Gasteiger partial charge in [-0.25, -0.2) is 0 Å². The van der Waals surface area contributed by atoms with Gasteiger partial charge in [0.15, 0.2) is 11.5 Å². The number of carbonyl (C=O) groups is 1. The first-order valence-corrected chi connectivity index (χ1v) is 8.60. The molecule has 3 rings (SSSR count). The lowest BCUT2D eigenvalue weighted by Crippen LogP contribution is -2.43. The first-order chi connectivity index (χ1) is 12.1. The van der Waals surface area contributed by atoms with E-state index in [0.717, 1.165) is 31.2 Å². The summed E-state index contributed by atoms with van der Waals surface area (Å²) in [5.74, 6) is 0.264. The van der Waals surface area contributed by atoms with Crippen LogP contribution in [0.25, 0.3) is 0 Å². The maximum atomic E-state index is 12.9. The molecule has 1 N–H and O–H groups in total. The third-order valence-corrected chi connectivity index (χ3v) is 4.59. The Kier molecular flexibility index (Phi) is 5.50. The van der Waals surface area contributed by atoms with Crippen molar-refractivity contribution in [3.05, 3.63) is 53.4 Å². The zero-order valence-corrected chi connectivity index (χ0v) is 14.5. The summed E-state index contributed by atoms with van der Waals surface area (Å²) in [4.78, 5) is 14.6. The molecule has 0 bridgehead atoms. The predicted octanol–water partition coefficient (Wildman–Crippen LogP) is 2.77. The molecular formula is C19H24N2O4. The molecule has 2 aromatic rings. The van der Waals surface area contributed by atoms with Crippen LogP contribution in [0.2, 0.25) is 0 Å². The monoisotopic (exact) mass is 344 g/mol. The summed E-state index contributed by atoms with van der Waals surface area (Å²) in [6, 6.07) is 11.4. The number of benzene rings is 1. The van der Waals surface area contributed by atoms with Crippen LogP contribution in [0.4, 0.5) is 0 Å². The maximum absolute atomic E-state index is 12.9. The highest BCUT2D eigenvalue weighted by atomic mass is 16.5. The molecule has 1 aromatic heterocycles. The molecule has 1 aliphatic carbocycles. The van der Waals surface area contributed by atoms with Gasteiger partial charge in [0, 0.05) is 19.7 Å². The Balaban J connectivity index is 1.79. The summed E-state index contributed by atoms with van der Waals surface area (Å²) in [5.41, 5.74) is 0.437. The minimum Gasteiger partial charge on any atom is -0.388 e. The van der Waals surface area contributed by atoms with Crippen LogP contribution in [0.1, 0.15) is 47.5 Å². The van der Waals surface area contributed by atoms with Gasteiger partial charge in [-0.3, -0.25) is 4.79 Å².